The monoisotopic (exact) mass is 420 g/mol. The van der Waals surface area contributed by atoms with E-state index < -0.39 is 0 Å². The van der Waals surface area contributed by atoms with Crippen LogP contribution in [0.4, 0.5) is 0 Å². The van der Waals surface area contributed by atoms with Crippen LogP contribution in [0.2, 0.25) is 0 Å². The molecule has 3 aromatic rings. The highest BCUT2D eigenvalue weighted by Crippen LogP contribution is 2.48. The van der Waals surface area contributed by atoms with Gasteiger partial charge in [0.25, 0.3) is 0 Å². The highest BCUT2D eigenvalue weighted by molar-refractivity contribution is 5.76. The van der Waals surface area contributed by atoms with Gasteiger partial charge in [0.05, 0.1) is 12.1 Å². The number of hydrogen-bond donors (Lipinski definition) is 0. The van der Waals surface area contributed by atoms with E-state index in [-0.39, 0.29) is 23.8 Å². The van der Waals surface area contributed by atoms with Crippen molar-refractivity contribution in [1.82, 2.24) is 29.7 Å². The second-order valence-electron chi connectivity index (χ2n) is 9.22. The van der Waals surface area contributed by atoms with Crippen LogP contribution in [0.25, 0.3) is 11.4 Å². The van der Waals surface area contributed by atoms with Crippen molar-refractivity contribution in [3.05, 3.63) is 53.7 Å². The predicted molar refractivity (Wildman–Crippen MR) is 115 cm³/mol. The summed E-state index contributed by atoms with van der Waals surface area (Å²) in [5.74, 6) is 1.36. The summed E-state index contributed by atoms with van der Waals surface area (Å²) < 4.78 is 7.49. The minimum Gasteiger partial charge on any atom is -0.340 e. The van der Waals surface area contributed by atoms with Crippen LogP contribution < -0.4 is 0 Å². The molecule has 0 aliphatic carbocycles. The number of benzene rings is 1. The number of carbonyl (C=O) groups excluding carboxylic acids is 1. The van der Waals surface area contributed by atoms with Gasteiger partial charge in [-0.25, -0.2) is 0 Å². The van der Waals surface area contributed by atoms with Gasteiger partial charge in [-0.2, -0.15) is 10.1 Å². The third-order valence-electron chi connectivity index (χ3n) is 6.65. The average molecular weight is 421 g/mol. The van der Waals surface area contributed by atoms with Crippen molar-refractivity contribution in [2.24, 2.45) is 5.41 Å². The van der Waals surface area contributed by atoms with Gasteiger partial charge in [0, 0.05) is 36.8 Å². The second kappa shape index (κ2) is 7.60. The van der Waals surface area contributed by atoms with E-state index in [1.807, 2.05) is 30.2 Å². The second-order valence-corrected chi connectivity index (χ2v) is 9.22. The zero-order valence-corrected chi connectivity index (χ0v) is 18.3. The first-order valence-electron chi connectivity index (χ1n) is 10.8. The Morgan fingerprint density at radius 2 is 2.13 bits per heavy atom. The molecule has 0 unspecified atom stereocenters. The lowest BCUT2D eigenvalue weighted by molar-refractivity contribution is -0.131. The molecule has 4 heterocycles. The van der Waals surface area contributed by atoms with E-state index >= 15 is 0 Å². The normalized spacial score (nSPS) is 23.8. The quantitative estimate of drug-likeness (QED) is 0.645. The first kappa shape index (κ1) is 19.9. The van der Waals surface area contributed by atoms with Gasteiger partial charge >= 0.3 is 0 Å². The molecular formula is C23H28N6O2. The number of hydrogen-bond acceptors (Lipinski definition) is 6. The number of amides is 1. The molecule has 0 bridgehead atoms. The molecule has 31 heavy (non-hydrogen) atoms. The molecule has 1 amide bonds. The van der Waals surface area contributed by atoms with Crippen LogP contribution in [-0.2, 0) is 11.3 Å². The fraction of sp³-hybridized carbons (Fsp3) is 0.478. The predicted octanol–water partition coefficient (Wildman–Crippen LogP) is 2.50. The van der Waals surface area contributed by atoms with Crippen molar-refractivity contribution in [1.29, 1.82) is 0 Å². The Balaban J connectivity index is 1.41. The maximum atomic E-state index is 13.1. The number of nitrogens with zero attached hydrogens (tertiary/aromatic N) is 6. The number of rotatable bonds is 4. The van der Waals surface area contributed by atoms with Crippen LogP contribution in [0.3, 0.4) is 0 Å². The molecule has 8 heteroatoms. The maximum Gasteiger partial charge on any atom is 0.244 e. The third kappa shape index (κ3) is 3.76. The maximum absolute atomic E-state index is 13.1. The molecule has 2 aromatic heterocycles. The van der Waals surface area contributed by atoms with E-state index in [1.54, 1.807) is 10.9 Å². The first-order valence-corrected chi connectivity index (χ1v) is 10.8. The lowest BCUT2D eigenvalue weighted by Gasteiger charge is -2.27. The minimum absolute atomic E-state index is 0.0341. The summed E-state index contributed by atoms with van der Waals surface area (Å²) in [6, 6.07) is 8.11. The van der Waals surface area contributed by atoms with Crippen LogP contribution in [0.5, 0.6) is 0 Å². The first-order chi connectivity index (χ1) is 14.9. The smallest absolute Gasteiger partial charge is 0.244 e. The lowest BCUT2D eigenvalue weighted by atomic mass is 9.77. The molecule has 0 N–H and O–H groups in total. The van der Waals surface area contributed by atoms with Gasteiger partial charge in [-0.05, 0) is 45.5 Å². The summed E-state index contributed by atoms with van der Waals surface area (Å²) in [4.78, 5) is 22.1. The zero-order valence-electron chi connectivity index (χ0n) is 18.3. The lowest BCUT2D eigenvalue weighted by Crippen LogP contribution is -2.36. The van der Waals surface area contributed by atoms with Gasteiger partial charge in [-0.15, -0.1) is 0 Å². The van der Waals surface area contributed by atoms with E-state index in [0.29, 0.717) is 24.8 Å². The van der Waals surface area contributed by atoms with Crippen LogP contribution in [0.15, 0.2) is 41.2 Å². The van der Waals surface area contributed by atoms with Gasteiger partial charge in [0.2, 0.25) is 17.6 Å². The van der Waals surface area contributed by atoms with Gasteiger partial charge < -0.3 is 14.3 Å². The molecule has 1 spiro atoms. The number of aryl methyl sites for hydroxylation is 2. The SMILES string of the molecule is Cc1cccc(-c2noc([C@@H]3CN(C(=O)Cn4cc(C)cn4)C[C@@]34CCN(C)C4)n2)c1. The summed E-state index contributed by atoms with van der Waals surface area (Å²) in [6.07, 6.45) is 4.69. The summed E-state index contributed by atoms with van der Waals surface area (Å²) >= 11 is 0. The average Bonchev–Trinajstić information content (AvgIpc) is 3.50. The summed E-state index contributed by atoms with van der Waals surface area (Å²) in [5, 5.41) is 8.54. The number of likely N-dealkylation sites (tertiary alicyclic amines) is 2. The highest BCUT2D eigenvalue weighted by atomic mass is 16.5. The Hall–Kier alpha value is -3.00. The highest BCUT2D eigenvalue weighted by Gasteiger charge is 2.53. The largest absolute Gasteiger partial charge is 0.340 e. The molecule has 2 aliphatic rings. The molecule has 2 fully saturated rings. The Morgan fingerprint density at radius 1 is 1.26 bits per heavy atom. The molecule has 2 atom stereocenters. The van der Waals surface area contributed by atoms with E-state index in [4.69, 9.17) is 9.51 Å². The number of aromatic nitrogens is 4. The van der Waals surface area contributed by atoms with Gasteiger partial charge in [0.15, 0.2) is 0 Å². The van der Waals surface area contributed by atoms with E-state index in [1.165, 1.54) is 0 Å². The van der Waals surface area contributed by atoms with Crippen molar-refractivity contribution < 1.29 is 9.32 Å². The third-order valence-corrected chi connectivity index (χ3v) is 6.65. The Labute approximate surface area is 181 Å². The van der Waals surface area contributed by atoms with E-state index in [0.717, 1.165) is 36.2 Å². The Morgan fingerprint density at radius 3 is 2.84 bits per heavy atom. The van der Waals surface area contributed by atoms with E-state index in [9.17, 15) is 4.79 Å². The van der Waals surface area contributed by atoms with Gasteiger partial charge in [-0.1, -0.05) is 28.9 Å². The van der Waals surface area contributed by atoms with Crippen LogP contribution in [-0.4, -0.2) is 68.9 Å². The molecule has 162 valence electrons. The van der Waals surface area contributed by atoms with Crippen molar-refractivity contribution in [3.63, 3.8) is 0 Å². The van der Waals surface area contributed by atoms with Crippen molar-refractivity contribution in [2.45, 2.75) is 32.7 Å². The van der Waals surface area contributed by atoms with Gasteiger partial charge in [0.1, 0.15) is 6.54 Å². The van der Waals surface area contributed by atoms with Crippen LogP contribution in [0.1, 0.15) is 29.4 Å². The molecule has 2 saturated heterocycles. The van der Waals surface area contributed by atoms with Gasteiger partial charge in [-0.3, -0.25) is 9.48 Å². The zero-order chi connectivity index (χ0) is 21.6. The van der Waals surface area contributed by atoms with Crippen molar-refractivity contribution >= 4 is 5.91 Å². The molecule has 2 aliphatic heterocycles. The summed E-state index contributed by atoms with van der Waals surface area (Å²) in [7, 11) is 2.13. The minimum atomic E-state index is -0.0547. The Bertz CT molecular complexity index is 1100. The molecule has 0 radical (unpaired) electrons. The molecule has 0 saturated carbocycles. The standard InChI is InChI=1S/C23H28N6O2/c1-16-5-4-6-18(9-16)21-25-22(31-26-21)19-12-28(15-23(19)7-8-27(3)14-23)20(30)13-29-11-17(2)10-24-29/h4-6,9-11,19H,7-8,12-15H2,1-3H3/t19-,23-/m0/s1. The molecule has 1 aromatic carbocycles. The molecule has 5 rings (SSSR count). The van der Waals surface area contributed by atoms with Crippen LogP contribution >= 0.6 is 0 Å². The number of carbonyl (C=O) groups is 1. The van der Waals surface area contributed by atoms with Crippen molar-refractivity contribution in [2.75, 3.05) is 33.2 Å². The van der Waals surface area contributed by atoms with Crippen LogP contribution in [0, 0.1) is 19.3 Å². The summed E-state index contributed by atoms with van der Waals surface area (Å²) in [6.45, 7) is 7.52. The molecular weight excluding hydrogens is 392 g/mol. The Kier molecular flexibility index (Phi) is 4.89. The van der Waals surface area contributed by atoms with Crippen molar-refractivity contribution in [3.8, 4) is 11.4 Å². The fourth-order valence-electron chi connectivity index (χ4n) is 5.09. The fourth-order valence-corrected chi connectivity index (χ4v) is 5.09. The topological polar surface area (TPSA) is 80.3 Å². The van der Waals surface area contributed by atoms with E-state index in [2.05, 4.69) is 41.3 Å². The summed E-state index contributed by atoms with van der Waals surface area (Å²) in [5.41, 5.74) is 3.10. The molecule has 8 nitrogen and oxygen atoms in total.